The van der Waals surface area contributed by atoms with E-state index in [9.17, 15) is 17.6 Å². The molecule has 2 nitrogen and oxygen atoms in total. The molecule has 19 heavy (non-hydrogen) atoms. The summed E-state index contributed by atoms with van der Waals surface area (Å²) in [5.74, 6) is -1.78. The van der Waals surface area contributed by atoms with Crippen molar-refractivity contribution in [2.75, 3.05) is 6.54 Å². The van der Waals surface area contributed by atoms with E-state index < -0.39 is 17.9 Å². The summed E-state index contributed by atoms with van der Waals surface area (Å²) in [5.41, 5.74) is 0.654. The van der Waals surface area contributed by atoms with Crippen molar-refractivity contribution in [3.05, 3.63) is 29.6 Å². The van der Waals surface area contributed by atoms with E-state index in [0.29, 0.717) is 5.56 Å². The number of nitrogens with one attached hydrogen (secondary N) is 1. The molecule has 2 rings (SSSR count). The molecule has 0 amide bonds. The summed E-state index contributed by atoms with van der Waals surface area (Å²) in [5, 5.41) is 3.20. The van der Waals surface area contributed by atoms with Crippen molar-refractivity contribution in [1.82, 2.24) is 5.32 Å². The van der Waals surface area contributed by atoms with Gasteiger partial charge >= 0.3 is 6.36 Å². The molecule has 1 N–H and O–H groups in total. The third-order valence-corrected chi connectivity index (χ3v) is 2.89. The number of hydrogen-bond donors (Lipinski definition) is 1. The maximum Gasteiger partial charge on any atom is 0.573 e. The lowest BCUT2D eigenvalue weighted by molar-refractivity contribution is -0.275. The zero-order valence-electron chi connectivity index (χ0n) is 9.97. The average Bonchev–Trinajstić information content (AvgIpc) is 2.31. The Kier molecular flexibility index (Phi) is 5.43. The van der Waals surface area contributed by atoms with Gasteiger partial charge in [0, 0.05) is 6.04 Å². The highest BCUT2D eigenvalue weighted by Crippen LogP contribution is 2.29. The molecule has 0 aliphatic carbocycles. The zero-order chi connectivity index (χ0) is 13.2. The summed E-state index contributed by atoms with van der Waals surface area (Å²) in [6.45, 7) is 0.840. The van der Waals surface area contributed by atoms with Crippen LogP contribution in [0.5, 0.6) is 5.75 Å². The Morgan fingerprint density at radius 3 is 2.47 bits per heavy atom. The number of halogens is 5. The predicted octanol–water partition coefficient (Wildman–Crippen LogP) is 3.96. The molecule has 0 aromatic heterocycles. The Labute approximate surface area is 114 Å². The van der Waals surface area contributed by atoms with Gasteiger partial charge < -0.3 is 10.1 Å². The summed E-state index contributed by atoms with van der Waals surface area (Å²) in [6, 6.07) is 3.60. The molecule has 1 saturated heterocycles. The van der Waals surface area contributed by atoms with Crippen LogP contribution in [-0.2, 0) is 0 Å². The highest BCUT2D eigenvalue weighted by Gasteiger charge is 2.32. The quantitative estimate of drug-likeness (QED) is 0.835. The van der Waals surface area contributed by atoms with Crippen LogP contribution in [0.1, 0.15) is 30.9 Å². The molecule has 108 valence electrons. The van der Waals surface area contributed by atoms with Crippen molar-refractivity contribution < 1.29 is 22.3 Å². The van der Waals surface area contributed by atoms with Gasteiger partial charge in [0.2, 0.25) is 0 Å². The van der Waals surface area contributed by atoms with E-state index in [1.54, 1.807) is 0 Å². The third-order valence-electron chi connectivity index (χ3n) is 2.89. The first-order valence-corrected chi connectivity index (χ1v) is 5.74. The number of benzene rings is 1. The summed E-state index contributed by atoms with van der Waals surface area (Å²) in [7, 11) is 0. The first kappa shape index (κ1) is 16.0. The maximum atomic E-state index is 13.5. The molecule has 0 bridgehead atoms. The SMILES string of the molecule is Cl.Fc1cc(C2CCCCN2)ccc1OC(F)(F)F. The Bertz CT molecular complexity index is 419. The molecule has 1 unspecified atom stereocenters. The van der Waals surface area contributed by atoms with Crippen LogP contribution in [0, 0.1) is 5.82 Å². The van der Waals surface area contributed by atoms with Crippen LogP contribution < -0.4 is 10.1 Å². The van der Waals surface area contributed by atoms with Crippen LogP contribution in [0.15, 0.2) is 18.2 Å². The number of ether oxygens (including phenoxy) is 1. The normalized spacial score (nSPS) is 19.7. The minimum atomic E-state index is -4.87. The van der Waals surface area contributed by atoms with Crippen molar-refractivity contribution in [2.45, 2.75) is 31.7 Å². The summed E-state index contributed by atoms with van der Waals surface area (Å²) >= 11 is 0. The smallest absolute Gasteiger partial charge is 0.403 e. The van der Waals surface area contributed by atoms with Crippen LogP contribution in [0.2, 0.25) is 0 Å². The van der Waals surface area contributed by atoms with E-state index in [2.05, 4.69) is 10.1 Å². The fourth-order valence-corrected chi connectivity index (χ4v) is 2.08. The number of hydrogen-bond acceptors (Lipinski definition) is 2. The van der Waals surface area contributed by atoms with E-state index in [-0.39, 0.29) is 18.4 Å². The number of piperidine rings is 1. The molecular formula is C12H14ClF4NO. The molecule has 1 aromatic rings. The first-order valence-electron chi connectivity index (χ1n) is 5.74. The highest BCUT2D eigenvalue weighted by molar-refractivity contribution is 5.85. The lowest BCUT2D eigenvalue weighted by Crippen LogP contribution is -2.26. The standard InChI is InChI=1S/C12H13F4NO.ClH/c13-9-7-8(10-3-1-2-6-17-10)4-5-11(9)18-12(14,15)16;/h4-5,7,10,17H,1-3,6H2;1H. The number of rotatable bonds is 2. The second-order valence-electron chi connectivity index (χ2n) is 4.24. The summed E-state index contributed by atoms with van der Waals surface area (Å²) in [4.78, 5) is 0. The van der Waals surface area contributed by atoms with Gasteiger partial charge in [-0.15, -0.1) is 25.6 Å². The Morgan fingerprint density at radius 2 is 1.95 bits per heavy atom. The van der Waals surface area contributed by atoms with Crippen LogP contribution in [0.4, 0.5) is 17.6 Å². The van der Waals surface area contributed by atoms with Crippen LogP contribution in [-0.4, -0.2) is 12.9 Å². The lowest BCUT2D eigenvalue weighted by Gasteiger charge is -2.24. The molecule has 7 heteroatoms. The second-order valence-corrected chi connectivity index (χ2v) is 4.24. The summed E-state index contributed by atoms with van der Waals surface area (Å²) in [6.07, 6.45) is -1.92. The summed E-state index contributed by atoms with van der Waals surface area (Å²) < 4.78 is 53.0. The van der Waals surface area contributed by atoms with Crippen molar-refractivity contribution in [3.63, 3.8) is 0 Å². The van der Waals surface area contributed by atoms with E-state index in [1.807, 2.05) is 0 Å². The van der Waals surface area contributed by atoms with Gasteiger partial charge in [-0.2, -0.15) is 0 Å². The van der Waals surface area contributed by atoms with Crippen LogP contribution in [0.3, 0.4) is 0 Å². The van der Waals surface area contributed by atoms with Gasteiger partial charge in [0.25, 0.3) is 0 Å². The Morgan fingerprint density at radius 1 is 1.21 bits per heavy atom. The molecule has 1 fully saturated rings. The topological polar surface area (TPSA) is 21.3 Å². The monoisotopic (exact) mass is 299 g/mol. The molecule has 1 aromatic carbocycles. The molecule has 1 atom stereocenters. The van der Waals surface area contributed by atoms with Crippen LogP contribution in [0.25, 0.3) is 0 Å². The Balaban J connectivity index is 0.00000180. The molecule has 0 radical (unpaired) electrons. The van der Waals surface area contributed by atoms with Crippen molar-refractivity contribution >= 4 is 12.4 Å². The maximum absolute atomic E-state index is 13.5. The van der Waals surface area contributed by atoms with Gasteiger partial charge in [-0.05, 0) is 37.1 Å². The van der Waals surface area contributed by atoms with E-state index in [4.69, 9.17) is 0 Å². The van der Waals surface area contributed by atoms with Gasteiger partial charge in [-0.3, -0.25) is 0 Å². The van der Waals surface area contributed by atoms with E-state index in [0.717, 1.165) is 37.9 Å². The third kappa shape index (κ3) is 4.54. The minimum Gasteiger partial charge on any atom is -0.403 e. The van der Waals surface area contributed by atoms with Crippen molar-refractivity contribution in [3.8, 4) is 5.75 Å². The second kappa shape index (κ2) is 6.43. The minimum absolute atomic E-state index is 0. The zero-order valence-corrected chi connectivity index (χ0v) is 10.8. The fraction of sp³-hybridized carbons (Fsp3) is 0.500. The van der Waals surface area contributed by atoms with Gasteiger partial charge in [-0.1, -0.05) is 12.5 Å². The molecule has 0 spiro atoms. The van der Waals surface area contributed by atoms with Crippen molar-refractivity contribution in [1.29, 1.82) is 0 Å². The number of alkyl halides is 3. The fourth-order valence-electron chi connectivity index (χ4n) is 2.08. The van der Waals surface area contributed by atoms with E-state index in [1.165, 1.54) is 6.07 Å². The average molecular weight is 300 g/mol. The molecule has 1 aliphatic heterocycles. The molecule has 1 aliphatic rings. The van der Waals surface area contributed by atoms with Crippen LogP contribution >= 0.6 is 12.4 Å². The van der Waals surface area contributed by atoms with Gasteiger partial charge in [0.15, 0.2) is 11.6 Å². The first-order chi connectivity index (χ1) is 8.46. The molecular weight excluding hydrogens is 286 g/mol. The lowest BCUT2D eigenvalue weighted by atomic mass is 9.97. The molecule has 1 heterocycles. The highest BCUT2D eigenvalue weighted by atomic mass is 35.5. The van der Waals surface area contributed by atoms with E-state index >= 15 is 0 Å². The van der Waals surface area contributed by atoms with Gasteiger partial charge in [0.05, 0.1) is 0 Å². The van der Waals surface area contributed by atoms with Crippen molar-refractivity contribution in [2.24, 2.45) is 0 Å². The predicted molar refractivity (Wildman–Crippen MR) is 64.9 cm³/mol. The largest absolute Gasteiger partial charge is 0.573 e. The van der Waals surface area contributed by atoms with Gasteiger partial charge in [-0.25, -0.2) is 4.39 Å². The molecule has 0 saturated carbocycles. The Hall–Kier alpha value is -1.01. The van der Waals surface area contributed by atoms with Gasteiger partial charge in [0.1, 0.15) is 0 Å².